The number of thiazole rings is 1. The van der Waals surface area contributed by atoms with Crippen LogP contribution in [0.1, 0.15) is 46.2 Å². The number of nitriles is 1. The Kier molecular flexibility index (Phi) is 12.2. The number of esters is 2. The molecular formula is C38H36F5N6O4S+. The number of halogens is 5. The van der Waals surface area contributed by atoms with E-state index in [4.69, 9.17) is 14.7 Å². The lowest BCUT2D eigenvalue weighted by Crippen LogP contribution is -2.47. The monoisotopic (exact) mass is 767 g/mol. The standard InChI is InChI=1S/C38H36F5N6O4S/c1-23-13-27(14-24(2)35(23)52-34(50)11-12-45-4)18-48-21-46-49(22-48)20-37(53-36(51)38(41,42)43,30-10-9-29(39)16-31(30)40)25(3)15-33-47-32(19-54-33)28-7-5-26(17-44)6-8-28/h5-10,13-14,16,19,21-22,25,45H,11-12,15,18,20H2,1-4H3/q+1. The number of aryl methyl sites for hydroxylation is 2. The molecule has 0 radical (unpaired) electrons. The maximum atomic E-state index is 15.7. The summed E-state index contributed by atoms with van der Waals surface area (Å²) in [6.07, 6.45) is -2.46. The highest BCUT2D eigenvalue weighted by molar-refractivity contribution is 7.09. The molecule has 2 heterocycles. The molecule has 5 rings (SSSR count). The molecule has 0 aliphatic carbocycles. The van der Waals surface area contributed by atoms with Gasteiger partial charge in [-0.2, -0.15) is 18.4 Å². The third-order valence-electron chi connectivity index (χ3n) is 8.74. The summed E-state index contributed by atoms with van der Waals surface area (Å²) in [7, 11) is 1.73. The van der Waals surface area contributed by atoms with Gasteiger partial charge in [0.05, 0.1) is 35.3 Å². The van der Waals surface area contributed by atoms with Gasteiger partial charge in [0.2, 0.25) is 6.33 Å². The molecule has 5 aromatic rings. The van der Waals surface area contributed by atoms with Crippen LogP contribution in [-0.2, 0) is 39.4 Å². The second-order valence-corrected chi connectivity index (χ2v) is 13.8. The minimum Gasteiger partial charge on any atom is -0.444 e. The molecule has 0 amide bonds. The molecule has 54 heavy (non-hydrogen) atoms. The van der Waals surface area contributed by atoms with Crippen LogP contribution in [0.2, 0.25) is 0 Å². The van der Waals surface area contributed by atoms with E-state index < -0.39 is 47.4 Å². The second-order valence-electron chi connectivity index (χ2n) is 12.8. The Morgan fingerprint density at radius 3 is 2.41 bits per heavy atom. The minimum absolute atomic E-state index is 0.0748. The van der Waals surface area contributed by atoms with Crippen molar-refractivity contribution in [2.24, 2.45) is 5.92 Å². The second kappa shape index (κ2) is 16.6. The number of carbonyl (C=O) groups excluding carboxylic acids is 2. The van der Waals surface area contributed by atoms with E-state index in [0.29, 0.717) is 51.3 Å². The number of ether oxygens (including phenoxy) is 2. The van der Waals surface area contributed by atoms with Crippen LogP contribution in [-0.4, -0.2) is 46.5 Å². The van der Waals surface area contributed by atoms with E-state index in [1.807, 2.05) is 18.2 Å². The van der Waals surface area contributed by atoms with E-state index in [9.17, 15) is 27.2 Å². The van der Waals surface area contributed by atoms with E-state index in [-0.39, 0.29) is 25.4 Å². The van der Waals surface area contributed by atoms with Gasteiger partial charge in [-0.1, -0.05) is 19.1 Å². The van der Waals surface area contributed by atoms with Gasteiger partial charge >= 0.3 is 18.1 Å². The molecule has 16 heteroatoms. The van der Waals surface area contributed by atoms with Gasteiger partial charge in [0.25, 0.3) is 6.33 Å². The number of benzene rings is 3. The van der Waals surface area contributed by atoms with Gasteiger partial charge in [0, 0.05) is 46.6 Å². The predicted molar refractivity (Wildman–Crippen MR) is 187 cm³/mol. The predicted octanol–water partition coefficient (Wildman–Crippen LogP) is 6.50. The number of nitrogens with one attached hydrogen (secondary N) is 1. The molecule has 2 unspecified atom stereocenters. The highest BCUT2D eigenvalue weighted by atomic mass is 32.1. The first-order valence-electron chi connectivity index (χ1n) is 16.7. The quantitative estimate of drug-likeness (QED) is 0.0588. The molecule has 2 aromatic heterocycles. The first kappa shape index (κ1) is 39.7. The SMILES string of the molecule is CNCCC(=O)Oc1c(C)cc(C[n+]2cnn(CC(OC(=O)C(F)(F)F)(c3ccc(F)cc3F)C(C)Cc3nc(-c4ccc(C#N)cc4)cs3)c2)cc1C. The molecule has 0 aliphatic heterocycles. The van der Waals surface area contributed by atoms with Crippen molar-refractivity contribution in [3.8, 4) is 23.1 Å². The maximum absolute atomic E-state index is 15.7. The Bertz CT molecular complexity index is 2160. The fourth-order valence-corrected chi connectivity index (χ4v) is 7.03. The molecule has 282 valence electrons. The molecule has 2 atom stereocenters. The Balaban J connectivity index is 1.49. The average molecular weight is 768 g/mol. The normalized spacial score (nSPS) is 13.2. The van der Waals surface area contributed by atoms with E-state index in [0.717, 1.165) is 17.7 Å². The number of alkyl halides is 3. The summed E-state index contributed by atoms with van der Waals surface area (Å²) in [6, 6.07) is 14.7. The molecule has 10 nitrogen and oxygen atoms in total. The van der Waals surface area contributed by atoms with Crippen molar-refractivity contribution >= 4 is 23.3 Å². The highest BCUT2D eigenvalue weighted by Crippen LogP contribution is 2.41. The number of carbonyl (C=O) groups is 2. The van der Waals surface area contributed by atoms with Gasteiger partial charge in [-0.15, -0.1) is 16.0 Å². The van der Waals surface area contributed by atoms with Crippen molar-refractivity contribution in [3.63, 3.8) is 0 Å². The van der Waals surface area contributed by atoms with Crippen LogP contribution in [0.15, 0.2) is 72.6 Å². The van der Waals surface area contributed by atoms with Crippen molar-refractivity contribution in [2.75, 3.05) is 13.6 Å². The van der Waals surface area contributed by atoms with Crippen LogP contribution >= 0.6 is 11.3 Å². The van der Waals surface area contributed by atoms with Crippen LogP contribution in [0, 0.1) is 42.7 Å². The van der Waals surface area contributed by atoms with Crippen molar-refractivity contribution in [1.29, 1.82) is 5.26 Å². The fourth-order valence-electron chi connectivity index (χ4n) is 6.09. The number of rotatable bonds is 14. The third-order valence-corrected chi connectivity index (χ3v) is 9.61. The van der Waals surface area contributed by atoms with Crippen molar-refractivity contribution in [3.05, 3.63) is 117 Å². The zero-order chi connectivity index (χ0) is 39.2. The number of aromatic nitrogens is 4. The zero-order valence-corrected chi connectivity index (χ0v) is 30.5. The summed E-state index contributed by atoms with van der Waals surface area (Å²) in [4.78, 5) is 29.5. The maximum Gasteiger partial charge on any atom is 0.490 e. The Labute approximate surface area is 311 Å². The number of nitrogens with zero attached hydrogens (tertiary/aromatic N) is 5. The van der Waals surface area contributed by atoms with E-state index in [1.54, 1.807) is 55.1 Å². The lowest BCUT2D eigenvalue weighted by Gasteiger charge is -2.37. The zero-order valence-electron chi connectivity index (χ0n) is 29.7. The summed E-state index contributed by atoms with van der Waals surface area (Å²) in [5, 5.41) is 18.5. The van der Waals surface area contributed by atoms with Gasteiger partial charge in [-0.25, -0.2) is 23.1 Å². The fraction of sp³-hybridized carbons (Fsp3) is 0.316. The summed E-state index contributed by atoms with van der Waals surface area (Å²) >= 11 is 1.20. The third kappa shape index (κ3) is 9.33. The molecule has 0 aliphatic rings. The highest BCUT2D eigenvalue weighted by Gasteiger charge is 2.52. The summed E-state index contributed by atoms with van der Waals surface area (Å²) in [5.41, 5.74) is 1.04. The first-order valence-corrected chi connectivity index (χ1v) is 17.6. The van der Waals surface area contributed by atoms with Crippen LogP contribution in [0.25, 0.3) is 11.3 Å². The summed E-state index contributed by atoms with van der Waals surface area (Å²) in [6.45, 7) is 5.20. The Morgan fingerprint density at radius 2 is 1.78 bits per heavy atom. The Morgan fingerprint density at radius 1 is 1.07 bits per heavy atom. The topological polar surface area (TPSA) is 123 Å². The van der Waals surface area contributed by atoms with Crippen molar-refractivity contribution < 1.29 is 45.6 Å². The Hall–Kier alpha value is -5.53. The van der Waals surface area contributed by atoms with E-state index in [2.05, 4.69) is 15.4 Å². The summed E-state index contributed by atoms with van der Waals surface area (Å²) < 4.78 is 85.2. The summed E-state index contributed by atoms with van der Waals surface area (Å²) in [5.74, 6) is -5.78. The number of hydrogen-bond acceptors (Lipinski definition) is 9. The average Bonchev–Trinajstić information content (AvgIpc) is 3.77. The smallest absolute Gasteiger partial charge is 0.444 e. The molecular weight excluding hydrogens is 732 g/mol. The van der Waals surface area contributed by atoms with Crippen molar-refractivity contribution in [1.82, 2.24) is 20.1 Å². The van der Waals surface area contributed by atoms with Crippen LogP contribution in [0.3, 0.4) is 0 Å². The first-order chi connectivity index (χ1) is 25.6. The molecule has 0 fully saturated rings. The molecule has 1 N–H and O–H groups in total. The largest absolute Gasteiger partial charge is 0.490 e. The van der Waals surface area contributed by atoms with Gasteiger partial charge in [-0.3, -0.25) is 4.79 Å². The lowest BCUT2D eigenvalue weighted by molar-refractivity contribution is -0.689. The molecule has 3 aromatic carbocycles. The van der Waals surface area contributed by atoms with Crippen LogP contribution in [0.5, 0.6) is 5.75 Å². The van der Waals surface area contributed by atoms with Crippen molar-refractivity contribution in [2.45, 2.75) is 58.5 Å². The molecule has 0 bridgehead atoms. The molecule has 0 saturated carbocycles. The number of hydrogen-bond donors (Lipinski definition) is 1. The van der Waals surface area contributed by atoms with Gasteiger partial charge in [0.1, 0.15) is 23.9 Å². The van der Waals surface area contributed by atoms with Gasteiger partial charge in [-0.05, 0) is 74.0 Å². The van der Waals surface area contributed by atoms with Gasteiger partial charge in [0.15, 0.2) is 5.60 Å². The van der Waals surface area contributed by atoms with Crippen LogP contribution < -0.4 is 14.6 Å². The van der Waals surface area contributed by atoms with Crippen LogP contribution in [0.4, 0.5) is 22.0 Å². The van der Waals surface area contributed by atoms with Gasteiger partial charge < -0.3 is 14.8 Å². The minimum atomic E-state index is -5.45. The van der Waals surface area contributed by atoms with E-state index in [1.165, 1.54) is 35.6 Å². The lowest BCUT2D eigenvalue weighted by atomic mass is 9.79. The molecule has 0 saturated heterocycles. The van der Waals surface area contributed by atoms with E-state index >= 15 is 4.39 Å². The molecule has 0 spiro atoms.